The quantitative estimate of drug-likeness (QED) is 0.644. The molecule has 140 valence electrons. The van der Waals surface area contributed by atoms with E-state index in [1.54, 1.807) is 55.5 Å². The molecule has 1 N–H and O–H groups in total. The molecule has 2 aromatic rings. The lowest BCUT2D eigenvalue weighted by molar-refractivity contribution is -0.146. The van der Waals surface area contributed by atoms with Crippen molar-refractivity contribution in [1.29, 1.82) is 0 Å². The first kappa shape index (κ1) is 18.5. The number of rotatable bonds is 5. The van der Waals surface area contributed by atoms with Gasteiger partial charge in [-0.25, -0.2) is 4.79 Å². The molecule has 6 heteroatoms. The summed E-state index contributed by atoms with van der Waals surface area (Å²) < 4.78 is 15.9. The maximum atomic E-state index is 12.6. The standard InChI is InChI=1S/C21H20O6/c1-3-26-21(24)19-16-12-13(5-11-18(23)25-2)4-10-17(16)27-20(19)14-6-8-15(22)9-7-14/h4-12,19-20,22H,3H2,1-2H3/b11-5+/t19-,20+/m1/s1. The van der Waals surface area contributed by atoms with E-state index in [4.69, 9.17) is 9.47 Å². The predicted molar refractivity (Wildman–Crippen MR) is 98.3 cm³/mol. The molecule has 27 heavy (non-hydrogen) atoms. The van der Waals surface area contributed by atoms with Crippen LogP contribution in [0.1, 0.15) is 35.6 Å². The van der Waals surface area contributed by atoms with E-state index >= 15 is 0 Å². The molecule has 1 heterocycles. The number of phenols is 1. The molecule has 0 aliphatic carbocycles. The minimum absolute atomic E-state index is 0.136. The molecular formula is C21H20O6. The Labute approximate surface area is 157 Å². The molecule has 0 fully saturated rings. The number of phenolic OH excluding ortho intramolecular Hbond substituents is 1. The van der Waals surface area contributed by atoms with Crippen LogP contribution < -0.4 is 4.74 Å². The monoisotopic (exact) mass is 368 g/mol. The van der Waals surface area contributed by atoms with Crippen molar-refractivity contribution in [1.82, 2.24) is 0 Å². The molecule has 0 aromatic heterocycles. The van der Waals surface area contributed by atoms with Crippen LogP contribution in [-0.4, -0.2) is 30.8 Å². The Balaban J connectivity index is 1.98. The third kappa shape index (κ3) is 3.95. The SMILES string of the molecule is CCOC(=O)[C@@H]1c2cc(/C=C/C(=O)OC)ccc2O[C@H]1c1ccc(O)cc1. The maximum Gasteiger partial charge on any atom is 0.330 e. The molecule has 6 nitrogen and oxygen atoms in total. The van der Waals surface area contributed by atoms with Crippen molar-refractivity contribution in [3.05, 3.63) is 65.2 Å². The topological polar surface area (TPSA) is 82.1 Å². The molecule has 0 bridgehead atoms. The van der Waals surface area contributed by atoms with Gasteiger partial charge in [-0.3, -0.25) is 4.79 Å². The maximum absolute atomic E-state index is 12.6. The van der Waals surface area contributed by atoms with Crippen LogP contribution in [0.3, 0.4) is 0 Å². The van der Waals surface area contributed by atoms with E-state index in [1.807, 2.05) is 0 Å². The number of benzene rings is 2. The van der Waals surface area contributed by atoms with E-state index in [1.165, 1.54) is 13.2 Å². The number of fused-ring (bicyclic) bond motifs is 1. The van der Waals surface area contributed by atoms with Gasteiger partial charge in [0.25, 0.3) is 0 Å². The van der Waals surface area contributed by atoms with E-state index in [0.29, 0.717) is 11.3 Å². The Kier molecular flexibility index (Phi) is 5.45. The van der Waals surface area contributed by atoms with Gasteiger partial charge < -0.3 is 19.3 Å². The van der Waals surface area contributed by atoms with Gasteiger partial charge in [0.15, 0.2) is 0 Å². The molecule has 3 rings (SSSR count). The lowest BCUT2D eigenvalue weighted by Gasteiger charge is -2.18. The van der Waals surface area contributed by atoms with Crippen molar-refractivity contribution < 1.29 is 28.9 Å². The van der Waals surface area contributed by atoms with Crippen LogP contribution in [-0.2, 0) is 19.1 Å². The Morgan fingerprint density at radius 3 is 2.59 bits per heavy atom. The molecule has 0 unspecified atom stereocenters. The van der Waals surface area contributed by atoms with Crippen LogP contribution >= 0.6 is 0 Å². The Morgan fingerprint density at radius 2 is 1.93 bits per heavy atom. The van der Waals surface area contributed by atoms with Gasteiger partial charge in [0.2, 0.25) is 0 Å². The Hall–Kier alpha value is -3.28. The van der Waals surface area contributed by atoms with Gasteiger partial charge in [-0.05, 0) is 48.4 Å². The number of esters is 2. The lowest BCUT2D eigenvalue weighted by Crippen LogP contribution is -2.21. The first-order valence-electron chi connectivity index (χ1n) is 8.55. The molecule has 0 amide bonds. The second kappa shape index (κ2) is 7.95. The number of methoxy groups -OCH3 is 1. The summed E-state index contributed by atoms with van der Waals surface area (Å²) in [6, 6.07) is 11.9. The summed E-state index contributed by atoms with van der Waals surface area (Å²) in [5.41, 5.74) is 2.19. The molecule has 0 saturated heterocycles. The Bertz CT molecular complexity index is 869. The summed E-state index contributed by atoms with van der Waals surface area (Å²) in [7, 11) is 1.31. The summed E-state index contributed by atoms with van der Waals surface area (Å²) in [6.45, 7) is 2.01. The predicted octanol–water partition coefficient (Wildman–Crippen LogP) is 3.36. The number of ether oxygens (including phenoxy) is 3. The molecule has 0 radical (unpaired) electrons. The van der Waals surface area contributed by atoms with Crippen molar-refractivity contribution in [2.45, 2.75) is 18.9 Å². The second-order valence-electron chi connectivity index (χ2n) is 6.01. The molecule has 0 saturated carbocycles. The summed E-state index contributed by atoms with van der Waals surface area (Å²) in [5.74, 6) is -0.770. The fourth-order valence-electron chi connectivity index (χ4n) is 3.03. The van der Waals surface area contributed by atoms with Gasteiger partial charge in [0.1, 0.15) is 23.5 Å². The lowest BCUT2D eigenvalue weighted by atomic mass is 9.90. The summed E-state index contributed by atoms with van der Waals surface area (Å²) in [6.07, 6.45) is 2.37. The van der Waals surface area contributed by atoms with Crippen LogP contribution in [0.4, 0.5) is 0 Å². The third-order valence-corrected chi connectivity index (χ3v) is 4.30. The zero-order valence-corrected chi connectivity index (χ0v) is 15.0. The highest BCUT2D eigenvalue weighted by Crippen LogP contribution is 2.47. The highest BCUT2D eigenvalue weighted by Gasteiger charge is 2.41. The highest BCUT2D eigenvalue weighted by molar-refractivity contribution is 5.87. The zero-order chi connectivity index (χ0) is 19.4. The van der Waals surface area contributed by atoms with E-state index in [0.717, 1.165) is 11.1 Å². The number of aromatic hydroxyl groups is 1. The molecular weight excluding hydrogens is 348 g/mol. The van der Waals surface area contributed by atoms with Crippen molar-refractivity contribution in [3.8, 4) is 11.5 Å². The van der Waals surface area contributed by atoms with Crippen LogP contribution in [0.5, 0.6) is 11.5 Å². The third-order valence-electron chi connectivity index (χ3n) is 4.30. The fraction of sp³-hybridized carbons (Fsp3) is 0.238. The smallest absolute Gasteiger partial charge is 0.330 e. The van der Waals surface area contributed by atoms with Gasteiger partial charge in [-0.15, -0.1) is 0 Å². The number of carbonyl (C=O) groups is 2. The fourth-order valence-corrected chi connectivity index (χ4v) is 3.03. The van der Waals surface area contributed by atoms with Crippen LogP contribution in [0.25, 0.3) is 6.08 Å². The van der Waals surface area contributed by atoms with E-state index < -0.39 is 18.0 Å². The van der Waals surface area contributed by atoms with Crippen LogP contribution in [0.2, 0.25) is 0 Å². The minimum atomic E-state index is -0.643. The van der Waals surface area contributed by atoms with Gasteiger partial charge >= 0.3 is 11.9 Å². The molecule has 1 aliphatic heterocycles. The van der Waals surface area contributed by atoms with Crippen LogP contribution in [0, 0.1) is 0 Å². The molecule has 2 atom stereocenters. The first-order chi connectivity index (χ1) is 13.0. The second-order valence-corrected chi connectivity index (χ2v) is 6.01. The van der Waals surface area contributed by atoms with Crippen molar-refractivity contribution in [2.24, 2.45) is 0 Å². The van der Waals surface area contributed by atoms with Gasteiger partial charge in [0.05, 0.1) is 13.7 Å². The van der Waals surface area contributed by atoms with Gasteiger partial charge in [-0.2, -0.15) is 0 Å². The summed E-state index contributed by atoms with van der Waals surface area (Å²) in [4.78, 5) is 24.0. The largest absolute Gasteiger partial charge is 0.508 e. The summed E-state index contributed by atoms with van der Waals surface area (Å²) in [5, 5.41) is 9.52. The molecule has 0 spiro atoms. The van der Waals surface area contributed by atoms with Crippen molar-refractivity contribution in [2.75, 3.05) is 13.7 Å². The number of hydrogen-bond acceptors (Lipinski definition) is 6. The zero-order valence-electron chi connectivity index (χ0n) is 15.0. The average Bonchev–Trinajstić information content (AvgIpc) is 3.05. The Morgan fingerprint density at radius 1 is 1.19 bits per heavy atom. The van der Waals surface area contributed by atoms with Crippen molar-refractivity contribution >= 4 is 18.0 Å². The first-order valence-corrected chi connectivity index (χ1v) is 8.55. The minimum Gasteiger partial charge on any atom is -0.508 e. The number of hydrogen-bond donors (Lipinski definition) is 1. The van der Waals surface area contributed by atoms with E-state index in [2.05, 4.69) is 4.74 Å². The molecule has 1 aliphatic rings. The molecule has 2 aromatic carbocycles. The summed E-state index contributed by atoms with van der Waals surface area (Å²) >= 11 is 0. The van der Waals surface area contributed by atoms with E-state index in [-0.39, 0.29) is 18.3 Å². The van der Waals surface area contributed by atoms with Gasteiger partial charge in [-0.1, -0.05) is 18.2 Å². The van der Waals surface area contributed by atoms with E-state index in [9.17, 15) is 14.7 Å². The highest BCUT2D eigenvalue weighted by atomic mass is 16.5. The normalized spacial score (nSPS) is 18.0. The van der Waals surface area contributed by atoms with Crippen LogP contribution in [0.15, 0.2) is 48.5 Å². The van der Waals surface area contributed by atoms with Crippen molar-refractivity contribution in [3.63, 3.8) is 0 Å². The number of carbonyl (C=O) groups excluding carboxylic acids is 2. The van der Waals surface area contributed by atoms with Gasteiger partial charge in [0, 0.05) is 11.6 Å². The average molecular weight is 368 g/mol.